The summed E-state index contributed by atoms with van der Waals surface area (Å²) in [6.07, 6.45) is 2.31. The minimum atomic E-state index is 0.485. The molecule has 2 heterocycles. The van der Waals surface area contributed by atoms with E-state index in [1.165, 1.54) is 11.1 Å². The molecule has 2 aromatic carbocycles. The highest BCUT2D eigenvalue weighted by Gasteiger charge is 2.31. The van der Waals surface area contributed by atoms with E-state index in [-0.39, 0.29) is 0 Å². The van der Waals surface area contributed by atoms with E-state index in [0.29, 0.717) is 18.6 Å². The molecule has 0 amide bonds. The van der Waals surface area contributed by atoms with Crippen LogP contribution in [0, 0.1) is 5.92 Å². The maximum absolute atomic E-state index is 5.97. The maximum Gasteiger partial charge on any atom is 0.119 e. The molecule has 144 valence electrons. The topological polar surface area (TPSA) is 33.7 Å². The summed E-state index contributed by atoms with van der Waals surface area (Å²) in [5, 5.41) is 3.48. The molecule has 0 bridgehead atoms. The maximum atomic E-state index is 5.97. The summed E-state index contributed by atoms with van der Waals surface area (Å²) >= 11 is 0. The Labute approximate surface area is 162 Å². The van der Waals surface area contributed by atoms with Crippen molar-refractivity contribution < 1.29 is 9.47 Å². The Kier molecular flexibility index (Phi) is 6.40. The lowest BCUT2D eigenvalue weighted by atomic mass is 9.85. The van der Waals surface area contributed by atoms with Gasteiger partial charge in [-0.3, -0.25) is 4.90 Å². The van der Waals surface area contributed by atoms with Crippen molar-refractivity contribution in [3.63, 3.8) is 0 Å². The fourth-order valence-corrected chi connectivity index (χ4v) is 4.28. The van der Waals surface area contributed by atoms with Crippen LogP contribution in [0.4, 0.5) is 0 Å². The van der Waals surface area contributed by atoms with Gasteiger partial charge in [0.05, 0.1) is 0 Å². The van der Waals surface area contributed by atoms with Gasteiger partial charge in [-0.05, 0) is 42.0 Å². The van der Waals surface area contributed by atoms with E-state index in [1.807, 2.05) is 18.2 Å². The third kappa shape index (κ3) is 4.89. The third-order valence-electron chi connectivity index (χ3n) is 5.73. The lowest BCUT2D eigenvalue weighted by molar-refractivity contribution is 0.0213. The van der Waals surface area contributed by atoms with Crippen molar-refractivity contribution in [2.45, 2.75) is 25.5 Å². The van der Waals surface area contributed by atoms with Gasteiger partial charge in [0.15, 0.2) is 0 Å². The fourth-order valence-electron chi connectivity index (χ4n) is 4.28. The molecule has 2 aliphatic heterocycles. The van der Waals surface area contributed by atoms with Gasteiger partial charge in [-0.25, -0.2) is 0 Å². The number of piperazine rings is 1. The molecule has 0 unspecified atom stereocenters. The molecule has 1 atom stereocenters. The smallest absolute Gasteiger partial charge is 0.119 e. The summed E-state index contributed by atoms with van der Waals surface area (Å²) in [5.41, 5.74) is 2.61. The van der Waals surface area contributed by atoms with Gasteiger partial charge in [0.25, 0.3) is 0 Å². The molecule has 0 aliphatic carbocycles. The normalized spacial score (nSPS) is 20.3. The van der Waals surface area contributed by atoms with Crippen LogP contribution in [0.1, 0.15) is 30.0 Å². The second kappa shape index (κ2) is 9.36. The molecule has 2 aliphatic rings. The van der Waals surface area contributed by atoms with E-state index in [1.54, 1.807) is 0 Å². The zero-order valence-electron chi connectivity index (χ0n) is 16.0. The summed E-state index contributed by atoms with van der Waals surface area (Å²) < 4.78 is 11.6. The Balaban J connectivity index is 1.46. The van der Waals surface area contributed by atoms with E-state index in [9.17, 15) is 0 Å². The molecule has 0 radical (unpaired) electrons. The summed E-state index contributed by atoms with van der Waals surface area (Å²) in [6.45, 7) is 6.80. The number of rotatable bonds is 6. The average Bonchev–Trinajstić information content (AvgIpc) is 2.76. The predicted molar refractivity (Wildman–Crippen MR) is 108 cm³/mol. The van der Waals surface area contributed by atoms with Crippen LogP contribution in [0.3, 0.4) is 0 Å². The minimum absolute atomic E-state index is 0.485. The number of hydrogen-bond donors (Lipinski definition) is 1. The van der Waals surface area contributed by atoms with Gasteiger partial charge >= 0.3 is 0 Å². The van der Waals surface area contributed by atoms with Gasteiger partial charge < -0.3 is 14.8 Å². The highest BCUT2D eigenvalue weighted by molar-refractivity contribution is 5.30. The van der Waals surface area contributed by atoms with Crippen molar-refractivity contribution in [3.05, 3.63) is 65.7 Å². The number of nitrogens with one attached hydrogen (secondary N) is 1. The molecule has 0 saturated carbocycles. The molecule has 4 heteroatoms. The Bertz CT molecular complexity index is 659. The van der Waals surface area contributed by atoms with E-state index < -0.39 is 0 Å². The summed E-state index contributed by atoms with van der Waals surface area (Å²) in [4.78, 5) is 2.66. The highest BCUT2D eigenvalue weighted by atomic mass is 16.5. The summed E-state index contributed by atoms with van der Waals surface area (Å²) in [7, 11) is 0. The lowest BCUT2D eigenvalue weighted by Gasteiger charge is -2.41. The number of ether oxygens (including phenoxy) is 2. The average molecular weight is 367 g/mol. The Morgan fingerprint density at radius 2 is 1.67 bits per heavy atom. The van der Waals surface area contributed by atoms with E-state index in [2.05, 4.69) is 46.6 Å². The number of hydrogen-bond acceptors (Lipinski definition) is 4. The van der Waals surface area contributed by atoms with Gasteiger partial charge in [0.1, 0.15) is 12.4 Å². The second-order valence-corrected chi connectivity index (χ2v) is 7.52. The SMILES string of the molecule is c1ccc(COc2ccc([C@H](C3CCOCC3)N3CCNCC3)cc2)cc1. The first-order chi connectivity index (χ1) is 13.4. The van der Waals surface area contributed by atoms with Gasteiger partial charge in [0.2, 0.25) is 0 Å². The molecule has 4 nitrogen and oxygen atoms in total. The lowest BCUT2D eigenvalue weighted by Crippen LogP contribution is -2.47. The van der Waals surface area contributed by atoms with Crippen LogP contribution >= 0.6 is 0 Å². The Morgan fingerprint density at radius 1 is 0.963 bits per heavy atom. The van der Waals surface area contributed by atoms with Crippen LogP contribution in [0.15, 0.2) is 54.6 Å². The molecule has 1 N–H and O–H groups in total. The van der Waals surface area contributed by atoms with Crippen LogP contribution < -0.4 is 10.1 Å². The minimum Gasteiger partial charge on any atom is -0.489 e. The van der Waals surface area contributed by atoms with Crippen molar-refractivity contribution in [3.8, 4) is 5.75 Å². The molecule has 0 spiro atoms. The zero-order chi connectivity index (χ0) is 18.3. The van der Waals surface area contributed by atoms with E-state index >= 15 is 0 Å². The number of benzene rings is 2. The van der Waals surface area contributed by atoms with Crippen molar-refractivity contribution in [2.24, 2.45) is 5.92 Å². The molecule has 27 heavy (non-hydrogen) atoms. The van der Waals surface area contributed by atoms with E-state index in [0.717, 1.165) is 58.0 Å². The molecular formula is C23H30N2O2. The second-order valence-electron chi connectivity index (χ2n) is 7.52. The van der Waals surface area contributed by atoms with Crippen molar-refractivity contribution in [1.29, 1.82) is 0 Å². The van der Waals surface area contributed by atoms with Gasteiger partial charge in [-0.2, -0.15) is 0 Å². The molecule has 2 saturated heterocycles. The summed E-state index contributed by atoms with van der Waals surface area (Å²) in [6, 6.07) is 19.6. The monoisotopic (exact) mass is 366 g/mol. The third-order valence-corrected chi connectivity index (χ3v) is 5.73. The quantitative estimate of drug-likeness (QED) is 0.846. The van der Waals surface area contributed by atoms with Crippen molar-refractivity contribution >= 4 is 0 Å². The zero-order valence-corrected chi connectivity index (χ0v) is 16.0. The van der Waals surface area contributed by atoms with Crippen LogP contribution in [-0.4, -0.2) is 44.3 Å². The standard InChI is InChI=1S/C23H30N2O2/c1-2-4-19(5-3-1)18-27-22-8-6-20(7-9-22)23(21-10-16-26-17-11-21)25-14-12-24-13-15-25/h1-9,21,23-24H,10-18H2/t23-/m1/s1. The van der Waals surface area contributed by atoms with E-state index in [4.69, 9.17) is 9.47 Å². The first kappa shape index (κ1) is 18.5. The van der Waals surface area contributed by atoms with Crippen molar-refractivity contribution in [2.75, 3.05) is 39.4 Å². The molecule has 2 aromatic rings. The van der Waals surface area contributed by atoms with Gasteiger partial charge in [0, 0.05) is 45.4 Å². The Hall–Kier alpha value is -1.88. The van der Waals surface area contributed by atoms with Gasteiger partial charge in [-0.15, -0.1) is 0 Å². The predicted octanol–water partition coefficient (Wildman–Crippen LogP) is 3.64. The highest BCUT2D eigenvalue weighted by Crippen LogP contribution is 2.36. The first-order valence-electron chi connectivity index (χ1n) is 10.2. The number of nitrogens with zero attached hydrogens (tertiary/aromatic N) is 1. The Morgan fingerprint density at radius 3 is 2.37 bits per heavy atom. The van der Waals surface area contributed by atoms with Crippen LogP contribution in [0.5, 0.6) is 5.75 Å². The molecular weight excluding hydrogens is 336 g/mol. The molecule has 2 fully saturated rings. The van der Waals surface area contributed by atoms with Crippen molar-refractivity contribution in [1.82, 2.24) is 10.2 Å². The van der Waals surface area contributed by atoms with Crippen LogP contribution in [0.2, 0.25) is 0 Å². The van der Waals surface area contributed by atoms with Gasteiger partial charge in [-0.1, -0.05) is 42.5 Å². The largest absolute Gasteiger partial charge is 0.489 e. The molecule has 4 rings (SSSR count). The summed E-state index contributed by atoms with van der Waals surface area (Å²) in [5.74, 6) is 1.61. The first-order valence-corrected chi connectivity index (χ1v) is 10.2. The fraction of sp³-hybridized carbons (Fsp3) is 0.478. The van der Waals surface area contributed by atoms with Crippen LogP contribution in [0.25, 0.3) is 0 Å². The van der Waals surface area contributed by atoms with Crippen LogP contribution in [-0.2, 0) is 11.3 Å². The molecule has 0 aromatic heterocycles.